The van der Waals surface area contributed by atoms with Gasteiger partial charge in [-0.05, 0) is 13.8 Å². The molecule has 2 unspecified atom stereocenters. The minimum atomic E-state index is -0.278. The number of carbonyl (C=O) groups is 2. The Kier molecular flexibility index (Phi) is 5.37. The third-order valence-electron chi connectivity index (χ3n) is 3.06. The second-order valence-electron chi connectivity index (χ2n) is 4.14. The van der Waals surface area contributed by atoms with E-state index < -0.39 is 0 Å². The summed E-state index contributed by atoms with van der Waals surface area (Å²) < 4.78 is 0. The van der Waals surface area contributed by atoms with Gasteiger partial charge in [-0.1, -0.05) is 0 Å². The fourth-order valence-electron chi connectivity index (χ4n) is 2.07. The summed E-state index contributed by atoms with van der Waals surface area (Å²) in [5, 5.41) is 8.60. The molecular formula is C11H22N4O2. The van der Waals surface area contributed by atoms with Crippen molar-refractivity contribution in [3.8, 4) is 0 Å². The highest BCUT2D eigenvalue weighted by Gasteiger charge is 2.33. The van der Waals surface area contributed by atoms with Gasteiger partial charge < -0.3 is 16.0 Å². The van der Waals surface area contributed by atoms with Gasteiger partial charge in [0.25, 0.3) is 0 Å². The third-order valence-corrected chi connectivity index (χ3v) is 3.06. The van der Waals surface area contributed by atoms with Crippen molar-refractivity contribution in [3.05, 3.63) is 0 Å². The monoisotopic (exact) mass is 242 g/mol. The Labute approximate surface area is 102 Å². The summed E-state index contributed by atoms with van der Waals surface area (Å²) in [6, 6.07) is -0.550. The molecule has 0 radical (unpaired) electrons. The number of piperazine rings is 1. The summed E-state index contributed by atoms with van der Waals surface area (Å²) in [4.78, 5) is 25.5. The van der Waals surface area contributed by atoms with Crippen LogP contribution in [-0.4, -0.2) is 62.0 Å². The molecule has 1 aliphatic heterocycles. The molecule has 0 aliphatic carbocycles. The maximum atomic E-state index is 11.8. The molecule has 0 aromatic carbocycles. The molecule has 0 aromatic heterocycles. The van der Waals surface area contributed by atoms with E-state index in [1.807, 2.05) is 18.7 Å². The molecular weight excluding hydrogens is 220 g/mol. The van der Waals surface area contributed by atoms with E-state index in [4.69, 9.17) is 0 Å². The molecule has 1 saturated heterocycles. The Balaban J connectivity index is 2.70. The zero-order chi connectivity index (χ0) is 12.8. The van der Waals surface area contributed by atoms with E-state index in [2.05, 4.69) is 16.0 Å². The van der Waals surface area contributed by atoms with Gasteiger partial charge >= 0.3 is 0 Å². The molecule has 0 aromatic rings. The summed E-state index contributed by atoms with van der Waals surface area (Å²) in [5.74, 6) is -0.0725. The van der Waals surface area contributed by atoms with Gasteiger partial charge in [0.15, 0.2) is 0 Å². The van der Waals surface area contributed by atoms with Crippen molar-refractivity contribution in [2.75, 3.05) is 33.2 Å². The van der Waals surface area contributed by atoms with Crippen molar-refractivity contribution in [1.82, 2.24) is 20.9 Å². The standard InChI is InChI=1S/C11H22N4O2/c1-4-14-10(16)8(2)15-6-5-13-7-9(15)11(17)12-3/h8-9,13H,4-7H2,1-3H3,(H,12,17)(H,14,16). The van der Waals surface area contributed by atoms with Crippen molar-refractivity contribution >= 4 is 11.8 Å². The lowest BCUT2D eigenvalue weighted by molar-refractivity contribution is -0.132. The predicted molar refractivity (Wildman–Crippen MR) is 65.6 cm³/mol. The first-order chi connectivity index (χ1) is 8.11. The largest absolute Gasteiger partial charge is 0.358 e. The zero-order valence-corrected chi connectivity index (χ0v) is 10.7. The lowest BCUT2D eigenvalue weighted by Gasteiger charge is -2.38. The molecule has 0 spiro atoms. The zero-order valence-electron chi connectivity index (χ0n) is 10.7. The van der Waals surface area contributed by atoms with Crippen LogP contribution in [0.1, 0.15) is 13.8 Å². The highest BCUT2D eigenvalue weighted by Crippen LogP contribution is 2.09. The maximum absolute atomic E-state index is 11.8. The van der Waals surface area contributed by atoms with E-state index in [9.17, 15) is 9.59 Å². The fourth-order valence-corrected chi connectivity index (χ4v) is 2.07. The van der Waals surface area contributed by atoms with Gasteiger partial charge in [-0.15, -0.1) is 0 Å². The van der Waals surface area contributed by atoms with E-state index in [-0.39, 0.29) is 23.9 Å². The van der Waals surface area contributed by atoms with Crippen LogP contribution in [0, 0.1) is 0 Å². The number of nitrogens with one attached hydrogen (secondary N) is 3. The normalized spacial score (nSPS) is 22.9. The van der Waals surface area contributed by atoms with Gasteiger partial charge in [-0.25, -0.2) is 0 Å². The summed E-state index contributed by atoms with van der Waals surface area (Å²) in [6.45, 7) is 6.43. The first-order valence-electron chi connectivity index (χ1n) is 6.07. The number of carbonyl (C=O) groups excluding carboxylic acids is 2. The van der Waals surface area contributed by atoms with Crippen LogP contribution in [0.4, 0.5) is 0 Å². The van der Waals surface area contributed by atoms with Crippen molar-refractivity contribution in [3.63, 3.8) is 0 Å². The van der Waals surface area contributed by atoms with Crippen molar-refractivity contribution in [2.24, 2.45) is 0 Å². The number of rotatable bonds is 4. The summed E-state index contributed by atoms with van der Waals surface area (Å²) >= 11 is 0. The molecule has 1 heterocycles. The molecule has 98 valence electrons. The van der Waals surface area contributed by atoms with Crippen LogP contribution in [0.3, 0.4) is 0 Å². The van der Waals surface area contributed by atoms with Gasteiger partial charge in [-0.2, -0.15) is 0 Å². The average molecular weight is 242 g/mol. The second-order valence-corrected chi connectivity index (χ2v) is 4.14. The molecule has 17 heavy (non-hydrogen) atoms. The van der Waals surface area contributed by atoms with Gasteiger partial charge in [0.1, 0.15) is 6.04 Å². The van der Waals surface area contributed by atoms with Gasteiger partial charge in [0.05, 0.1) is 6.04 Å². The number of amides is 2. The van der Waals surface area contributed by atoms with Crippen LogP contribution >= 0.6 is 0 Å². The Morgan fingerprint density at radius 3 is 2.82 bits per heavy atom. The van der Waals surface area contributed by atoms with Crippen LogP contribution in [0.25, 0.3) is 0 Å². The lowest BCUT2D eigenvalue weighted by Crippen LogP contribution is -2.62. The predicted octanol–water partition coefficient (Wildman–Crippen LogP) is -1.47. The Bertz CT molecular complexity index is 283. The van der Waals surface area contributed by atoms with Crippen LogP contribution in [-0.2, 0) is 9.59 Å². The number of nitrogens with zero attached hydrogens (tertiary/aromatic N) is 1. The van der Waals surface area contributed by atoms with Crippen molar-refractivity contribution in [2.45, 2.75) is 25.9 Å². The van der Waals surface area contributed by atoms with Gasteiger partial charge in [0, 0.05) is 33.2 Å². The summed E-state index contributed by atoms with van der Waals surface area (Å²) in [5.41, 5.74) is 0. The minimum absolute atomic E-state index is 0.0247. The fraction of sp³-hybridized carbons (Fsp3) is 0.818. The third kappa shape index (κ3) is 3.41. The topological polar surface area (TPSA) is 73.5 Å². The molecule has 0 saturated carbocycles. The summed E-state index contributed by atoms with van der Waals surface area (Å²) in [6.07, 6.45) is 0. The highest BCUT2D eigenvalue weighted by atomic mass is 16.2. The van der Waals surface area contributed by atoms with Gasteiger partial charge in [-0.3, -0.25) is 14.5 Å². The first kappa shape index (κ1) is 13.9. The Morgan fingerprint density at radius 2 is 2.24 bits per heavy atom. The van der Waals surface area contributed by atoms with Crippen molar-refractivity contribution < 1.29 is 9.59 Å². The van der Waals surface area contributed by atoms with Crippen LogP contribution in [0.2, 0.25) is 0 Å². The smallest absolute Gasteiger partial charge is 0.238 e. The molecule has 1 fully saturated rings. The van der Waals surface area contributed by atoms with Crippen LogP contribution < -0.4 is 16.0 Å². The van der Waals surface area contributed by atoms with Crippen LogP contribution in [0.15, 0.2) is 0 Å². The van der Waals surface area contributed by atoms with Gasteiger partial charge in [0.2, 0.25) is 11.8 Å². The van der Waals surface area contributed by atoms with Crippen LogP contribution in [0.5, 0.6) is 0 Å². The molecule has 2 atom stereocenters. The van der Waals surface area contributed by atoms with E-state index in [0.29, 0.717) is 19.6 Å². The first-order valence-corrected chi connectivity index (χ1v) is 6.07. The second kappa shape index (κ2) is 6.56. The van der Waals surface area contributed by atoms with E-state index >= 15 is 0 Å². The SMILES string of the molecule is CCNC(=O)C(C)N1CCNCC1C(=O)NC. The Hall–Kier alpha value is -1.14. The molecule has 3 N–H and O–H groups in total. The van der Waals surface area contributed by atoms with E-state index in [0.717, 1.165) is 6.54 Å². The molecule has 1 rings (SSSR count). The lowest BCUT2D eigenvalue weighted by atomic mass is 10.1. The molecule has 1 aliphatic rings. The molecule has 2 amide bonds. The average Bonchev–Trinajstić information content (AvgIpc) is 2.37. The number of hydrogen-bond acceptors (Lipinski definition) is 4. The minimum Gasteiger partial charge on any atom is -0.358 e. The molecule has 6 heteroatoms. The maximum Gasteiger partial charge on any atom is 0.238 e. The number of hydrogen-bond donors (Lipinski definition) is 3. The molecule has 6 nitrogen and oxygen atoms in total. The quantitative estimate of drug-likeness (QED) is 0.563. The number of likely N-dealkylation sites (N-methyl/N-ethyl adjacent to an activating group) is 2. The highest BCUT2D eigenvalue weighted by molar-refractivity contribution is 5.85. The Morgan fingerprint density at radius 1 is 1.53 bits per heavy atom. The van der Waals surface area contributed by atoms with E-state index in [1.165, 1.54) is 0 Å². The molecule has 0 bridgehead atoms. The van der Waals surface area contributed by atoms with E-state index in [1.54, 1.807) is 7.05 Å². The summed E-state index contributed by atoms with van der Waals surface area (Å²) in [7, 11) is 1.62. The van der Waals surface area contributed by atoms with Crippen molar-refractivity contribution in [1.29, 1.82) is 0 Å².